The summed E-state index contributed by atoms with van der Waals surface area (Å²) in [6, 6.07) is 12.3. The number of benzene rings is 1. The number of nitrogens with zero attached hydrogens (tertiary/aromatic N) is 2. The van der Waals surface area contributed by atoms with Crippen LogP contribution in [0.4, 0.5) is 5.69 Å². The Morgan fingerprint density at radius 3 is 2.23 bits per heavy atom. The number of hydrogen-bond acceptors (Lipinski definition) is 2. The normalized spacial score (nSPS) is 36.3. The fourth-order valence-corrected chi connectivity index (χ4v) is 7.63. The lowest BCUT2D eigenvalue weighted by Gasteiger charge is -2.40. The third-order valence-electron chi connectivity index (χ3n) is 9.10. The van der Waals surface area contributed by atoms with Crippen molar-refractivity contribution in [3.05, 3.63) is 30.3 Å². The van der Waals surface area contributed by atoms with Crippen molar-refractivity contribution in [2.75, 3.05) is 11.4 Å². The van der Waals surface area contributed by atoms with Gasteiger partial charge < -0.3 is 4.90 Å². The van der Waals surface area contributed by atoms with Crippen molar-refractivity contribution in [3.63, 3.8) is 0 Å². The lowest BCUT2D eigenvalue weighted by atomic mass is 9.86. The Labute approximate surface area is 189 Å². The standard InChI is InChI=1S/C28H42N2O/c1-2-28(31)30(24-11-4-3-5-12-24)27-18-23-10-7-13-25(19-27)29(20-23)26-16-21-8-6-9-22(17-26)15-14-21/h3-5,11-12,21-23,25-27H,2,6-10,13-20H2,1H3. The lowest BCUT2D eigenvalue weighted by molar-refractivity contribution is -0.118. The molecule has 2 saturated carbocycles. The fraction of sp³-hybridized carbons (Fsp3) is 0.750. The molecule has 4 fully saturated rings. The Hall–Kier alpha value is -1.35. The molecule has 2 aliphatic carbocycles. The highest BCUT2D eigenvalue weighted by molar-refractivity contribution is 5.93. The van der Waals surface area contributed by atoms with Gasteiger partial charge in [0.2, 0.25) is 5.91 Å². The number of carbonyl (C=O) groups excluding carboxylic acids is 1. The minimum Gasteiger partial charge on any atom is -0.309 e. The SMILES string of the molecule is CCC(=O)N(c1ccccc1)C1CC2CCCC(C1)N(C1CC3CCCC(CC3)C1)C2. The van der Waals surface area contributed by atoms with Crippen LogP contribution in [0.1, 0.15) is 90.4 Å². The molecule has 0 spiro atoms. The van der Waals surface area contributed by atoms with E-state index in [2.05, 4.69) is 40.1 Å². The van der Waals surface area contributed by atoms with E-state index in [1.807, 2.05) is 6.92 Å². The summed E-state index contributed by atoms with van der Waals surface area (Å²) in [5.41, 5.74) is 1.11. The summed E-state index contributed by atoms with van der Waals surface area (Å²) < 4.78 is 0. The summed E-state index contributed by atoms with van der Waals surface area (Å²) in [7, 11) is 0. The quantitative estimate of drug-likeness (QED) is 0.559. The highest BCUT2D eigenvalue weighted by atomic mass is 16.2. The van der Waals surface area contributed by atoms with Gasteiger partial charge in [-0.1, -0.05) is 63.6 Å². The molecule has 0 N–H and O–H groups in total. The number of amides is 1. The Kier molecular flexibility index (Phi) is 6.69. The van der Waals surface area contributed by atoms with E-state index in [9.17, 15) is 4.79 Å². The molecule has 2 heterocycles. The van der Waals surface area contributed by atoms with Gasteiger partial charge in [0.25, 0.3) is 0 Å². The molecule has 2 aliphatic heterocycles. The lowest BCUT2D eigenvalue weighted by Crippen LogP contribution is -2.47. The van der Waals surface area contributed by atoms with E-state index in [1.165, 1.54) is 83.6 Å². The molecule has 0 aromatic heterocycles. The molecule has 170 valence electrons. The predicted octanol–water partition coefficient (Wildman–Crippen LogP) is 6.42. The van der Waals surface area contributed by atoms with Crippen LogP contribution in [0.3, 0.4) is 0 Å². The van der Waals surface area contributed by atoms with Crippen molar-refractivity contribution in [1.82, 2.24) is 4.90 Å². The van der Waals surface area contributed by atoms with E-state index in [4.69, 9.17) is 0 Å². The van der Waals surface area contributed by atoms with E-state index >= 15 is 0 Å². The van der Waals surface area contributed by atoms with E-state index in [0.29, 0.717) is 24.4 Å². The maximum absolute atomic E-state index is 13.1. The molecule has 0 radical (unpaired) electrons. The van der Waals surface area contributed by atoms with E-state index in [1.54, 1.807) is 0 Å². The summed E-state index contributed by atoms with van der Waals surface area (Å²) >= 11 is 0. The molecule has 5 unspecified atom stereocenters. The minimum atomic E-state index is 0.298. The third-order valence-corrected chi connectivity index (χ3v) is 9.10. The molecule has 5 rings (SSSR count). The highest BCUT2D eigenvalue weighted by Gasteiger charge is 2.41. The zero-order valence-electron chi connectivity index (χ0n) is 19.6. The number of fused-ring (bicyclic) bond motifs is 6. The molecular formula is C28H42N2O. The number of carbonyl (C=O) groups is 1. The van der Waals surface area contributed by atoms with Crippen LogP contribution < -0.4 is 4.90 Å². The van der Waals surface area contributed by atoms with Gasteiger partial charge in [-0.25, -0.2) is 0 Å². The van der Waals surface area contributed by atoms with Crippen molar-refractivity contribution >= 4 is 11.6 Å². The third kappa shape index (κ3) is 4.72. The van der Waals surface area contributed by atoms with Gasteiger partial charge in [0.05, 0.1) is 0 Å². The second kappa shape index (κ2) is 9.65. The number of rotatable bonds is 4. The number of para-hydroxylation sites is 1. The van der Waals surface area contributed by atoms with Crippen molar-refractivity contribution in [2.24, 2.45) is 17.8 Å². The largest absolute Gasteiger partial charge is 0.309 e. The second-order valence-electron chi connectivity index (χ2n) is 11.1. The zero-order chi connectivity index (χ0) is 21.2. The Bertz CT molecular complexity index is 720. The van der Waals surface area contributed by atoms with E-state index < -0.39 is 0 Å². The van der Waals surface area contributed by atoms with Gasteiger partial charge in [0.15, 0.2) is 0 Å². The first kappa shape index (κ1) is 21.5. The summed E-state index contributed by atoms with van der Waals surface area (Å²) in [5.74, 6) is 2.99. The van der Waals surface area contributed by atoms with Gasteiger partial charge >= 0.3 is 0 Å². The molecule has 2 saturated heterocycles. The maximum atomic E-state index is 13.1. The minimum absolute atomic E-state index is 0.298. The molecule has 3 heteroatoms. The average Bonchev–Trinajstić information content (AvgIpc) is 3.24. The molecule has 4 bridgehead atoms. The van der Waals surface area contributed by atoms with Crippen LogP contribution in [-0.4, -0.2) is 35.5 Å². The van der Waals surface area contributed by atoms with Crippen LogP contribution in [-0.2, 0) is 4.79 Å². The topological polar surface area (TPSA) is 23.6 Å². The maximum Gasteiger partial charge on any atom is 0.226 e. The molecule has 4 aliphatic rings. The highest BCUT2D eigenvalue weighted by Crippen LogP contribution is 2.43. The smallest absolute Gasteiger partial charge is 0.226 e. The van der Waals surface area contributed by atoms with Crippen molar-refractivity contribution in [3.8, 4) is 0 Å². The molecular weight excluding hydrogens is 380 g/mol. The van der Waals surface area contributed by atoms with Gasteiger partial charge in [-0.2, -0.15) is 0 Å². The van der Waals surface area contributed by atoms with Gasteiger partial charge in [-0.15, -0.1) is 0 Å². The Morgan fingerprint density at radius 1 is 0.839 bits per heavy atom. The van der Waals surface area contributed by atoms with Crippen molar-refractivity contribution < 1.29 is 4.79 Å². The van der Waals surface area contributed by atoms with Crippen LogP contribution in [0.5, 0.6) is 0 Å². The molecule has 31 heavy (non-hydrogen) atoms. The first-order valence-corrected chi connectivity index (χ1v) is 13.3. The predicted molar refractivity (Wildman–Crippen MR) is 128 cm³/mol. The van der Waals surface area contributed by atoms with Crippen LogP contribution in [0.15, 0.2) is 30.3 Å². The zero-order valence-corrected chi connectivity index (χ0v) is 19.6. The Balaban J connectivity index is 1.40. The van der Waals surface area contributed by atoms with Gasteiger partial charge in [0.1, 0.15) is 0 Å². The molecule has 5 atom stereocenters. The van der Waals surface area contributed by atoms with Crippen LogP contribution in [0.2, 0.25) is 0 Å². The van der Waals surface area contributed by atoms with Crippen molar-refractivity contribution in [1.29, 1.82) is 0 Å². The molecule has 1 aromatic carbocycles. The van der Waals surface area contributed by atoms with E-state index in [0.717, 1.165) is 29.5 Å². The summed E-state index contributed by atoms with van der Waals surface area (Å²) in [5, 5.41) is 0. The average molecular weight is 423 g/mol. The van der Waals surface area contributed by atoms with Crippen LogP contribution in [0.25, 0.3) is 0 Å². The summed E-state index contributed by atoms with van der Waals surface area (Å²) in [4.78, 5) is 18.3. The number of hydrogen-bond donors (Lipinski definition) is 0. The van der Waals surface area contributed by atoms with E-state index in [-0.39, 0.29) is 0 Å². The van der Waals surface area contributed by atoms with Gasteiger partial charge in [0, 0.05) is 36.8 Å². The summed E-state index contributed by atoms with van der Waals surface area (Å²) in [6.45, 7) is 3.31. The summed E-state index contributed by atoms with van der Waals surface area (Å²) in [6.07, 6.45) is 17.3. The van der Waals surface area contributed by atoms with Crippen molar-refractivity contribution in [2.45, 2.75) is 109 Å². The first-order valence-electron chi connectivity index (χ1n) is 13.3. The van der Waals surface area contributed by atoms with Gasteiger partial charge in [-0.3, -0.25) is 9.69 Å². The van der Waals surface area contributed by atoms with Crippen LogP contribution in [0, 0.1) is 17.8 Å². The monoisotopic (exact) mass is 422 g/mol. The molecule has 3 nitrogen and oxygen atoms in total. The fourth-order valence-electron chi connectivity index (χ4n) is 7.63. The van der Waals surface area contributed by atoms with Crippen LogP contribution >= 0.6 is 0 Å². The number of anilines is 1. The van der Waals surface area contributed by atoms with Gasteiger partial charge in [-0.05, 0) is 68.4 Å². The second-order valence-corrected chi connectivity index (χ2v) is 11.1. The molecule has 1 amide bonds. The first-order chi connectivity index (χ1) is 15.2. The Morgan fingerprint density at radius 2 is 1.52 bits per heavy atom. The molecule has 1 aromatic rings.